The van der Waals surface area contributed by atoms with Gasteiger partial charge >= 0.3 is 12.0 Å². The molecule has 29 heavy (non-hydrogen) atoms. The first-order valence-electron chi connectivity index (χ1n) is 8.97. The monoisotopic (exact) mass is 412 g/mol. The normalized spacial score (nSPS) is 11.5. The fourth-order valence-electron chi connectivity index (χ4n) is 2.51. The average molecular weight is 412 g/mol. The molecule has 3 rings (SSSR count). The fourth-order valence-corrected chi connectivity index (χ4v) is 3.35. The molecule has 3 aromatic rings. The van der Waals surface area contributed by atoms with Crippen LogP contribution in [0.3, 0.4) is 0 Å². The lowest BCUT2D eigenvalue weighted by Crippen LogP contribution is -2.41. The van der Waals surface area contributed by atoms with E-state index in [2.05, 4.69) is 20.9 Å². The summed E-state index contributed by atoms with van der Waals surface area (Å²) >= 11 is 1.34. The molecule has 2 aromatic carbocycles. The number of hydrogen-bond acceptors (Lipinski definition) is 6. The molecule has 0 saturated carbocycles. The average Bonchev–Trinajstić information content (AvgIpc) is 3.10. The Morgan fingerprint density at radius 2 is 1.86 bits per heavy atom. The van der Waals surface area contributed by atoms with Crippen molar-refractivity contribution < 1.29 is 19.1 Å². The Morgan fingerprint density at radius 3 is 2.59 bits per heavy atom. The van der Waals surface area contributed by atoms with Crippen molar-refractivity contribution in [2.24, 2.45) is 0 Å². The van der Waals surface area contributed by atoms with Crippen LogP contribution in [0.15, 0.2) is 48.5 Å². The highest BCUT2D eigenvalue weighted by Crippen LogP contribution is 2.28. The molecular formula is C20H20N4O4S. The molecule has 0 aliphatic rings. The minimum atomic E-state index is -0.766. The second-order valence-corrected chi connectivity index (χ2v) is 7.12. The van der Waals surface area contributed by atoms with Gasteiger partial charge in [-0.05, 0) is 44.2 Å². The smallest absolute Gasteiger partial charge is 0.328 e. The van der Waals surface area contributed by atoms with E-state index in [1.54, 1.807) is 56.3 Å². The lowest BCUT2D eigenvalue weighted by atomic mass is 10.2. The molecule has 1 aromatic heterocycles. The van der Waals surface area contributed by atoms with Crippen molar-refractivity contribution in [2.45, 2.75) is 19.9 Å². The zero-order chi connectivity index (χ0) is 20.8. The summed E-state index contributed by atoms with van der Waals surface area (Å²) in [7, 11) is 0. The zero-order valence-electron chi connectivity index (χ0n) is 15.9. The molecule has 0 spiro atoms. The minimum absolute atomic E-state index is 0.240. The first-order chi connectivity index (χ1) is 14.0. The van der Waals surface area contributed by atoms with E-state index in [0.717, 1.165) is 4.70 Å². The Morgan fingerprint density at radius 1 is 1.10 bits per heavy atom. The van der Waals surface area contributed by atoms with E-state index < -0.39 is 18.0 Å². The largest absolute Gasteiger partial charge is 0.464 e. The molecule has 3 amide bonds. The van der Waals surface area contributed by atoms with Crippen LogP contribution in [0.25, 0.3) is 10.2 Å². The number of thiazole rings is 1. The quantitative estimate of drug-likeness (QED) is 0.536. The number of carbonyl (C=O) groups excluding carboxylic acids is 3. The van der Waals surface area contributed by atoms with Crippen LogP contribution in [0.2, 0.25) is 0 Å². The van der Waals surface area contributed by atoms with Gasteiger partial charge in [0, 0.05) is 11.3 Å². The van der Waals surface area contributed by atoms with Gasteiger partial charge in [-0.2, -0.15) is 0 Å². The molecule has 0 fully saturated rings. The van der Waals surface area contributed by atoms with E-state index in [1.165, 1.54) is 11.3 Å². The van der Waals surface area contributed by atoms with Crippen LogP contribution in [-0.4, -0.2) is 35.5 Å². The minimum Gasteiger partial charge on any atom is -0.464 e. The number of rotatable bonds is 6. The summed E-state index contributed by atoms with van der Waals surface area (Å²) in [6, 6.07) is 12.8. The van der Waals surface area contributed by atoms with Crippen LogP contribution in [0.5, 0.6) is 0 Å². The van der Waals surface area contributed by atoms with Gasteiger partial charge in [-0.3, -0.25) is 10.1 Å². The maximum absolute atomic E-state index is 12.3. The molecule has 3 N–H and O–H groups in total. The van der Waals surface area contributed by atoms with Gasteiger partial charge in [-0.1, -0.05) is 29.5 Å². The Labute approximate surface area is 171 Å². The van der Waals surface area contributed by atoms with Crippen molar-refractivity contribution in [2.75, 3.05) is 17.2 Å². The number of aromatic nitrogens is 1. The number of esters is 1. The van der Waals surface area contributed by atoms with Crippen molar-refractivity contribution in [3.63, 3.8) is 0 Å². The van der Waals surface area contributed by atoms with Crippen LogP contribution < -0.4 is 16.0 Å². The summed E-state index contributed by atoms with van der Waals surface area (Å²) in [5.74, 6) is -0.744. The molecule has 150 valence electrons. The Balaban J connectivity index is 1.65. The number of fused-ring (bicyclic) bond motifs is 1. The van der Waals surface area contributed by atoms with E-state index >= 15 is 0 Å². The number of carbonyl (C=O) groups is 3. The maximum atomic E-state index is 12.3. The zero-order valence-corrected chi connectivity index (χ0v) is 16.7. The summed E-state index contributed by atoms with van der Waals surface area (Å²) in [6.07, 6.45) is 0. The summed E-state index contributed by atoms with van der Waals surface area (Å²) in [5, 5.41) is 8.41. The van der Waals surface area contributed by atoms with Crippen LogP contribution >= 0.6 is 11.3 Å². The highest BCUT2D eigenvalue weighted by molar-refractivity contribution is 7.22. The first-order valence-corrected chi connectivity index (χ1v) is 9.79. The van der Waals surface area contributed by atoms with Gasteiger partial charge in [0.05, 0.1) is 16.8 Å². The van der Waals surface area contributed by atoms with E-state index in [-0.39, 0.29) is 12.5 Å². The summed E-state index contributed by atoms with van der Waals surface area (Å²) in [4.78, 5) is 40.3. The van der Waals surface area contributed by atoms with Crippen molar-refractivity contribution in [3.05, 3.63) is 54.1 Å². The lowest BCUT2D eigenvalue weighted by Gasteiger charge is -2.13. The first kappa shape index (κ1) is 20.3. The van der Waals surface area contributed by atoms with Crippen molar-refractivity contribution in [1.29, 1.82) is 0 Å². The molecule has 9 heteroatoms. The van der Waals surface area contributed by atoms with Crippen molar-refractivity contribution in [1.82, 2.24) is 10.3 Å². The van der Waals surface area contributed by atoms with Crippen molar-refractivity contribution in [3.8, 4) is 0 Å². The second kappa shape index (κ2) is 9.16. The number of benzene rings is 2. The summed E-state index contributed by atoms with van der Waals surface area (Å²) < 4.78 is 5.71. The lowest BCUT2D eigenvalue weighted by molar-refractivity contribution is -0.144. The number of anilines is 2. The number of nitrogens with one attached hydrogen (secondary N) is 3. The van der Waals surface area contributed by atoms with Crippen LogP contribution in [0.4, 0.5) is 15.6 Å². The summed E-state index contributed by atoms with van der Waals surface area (Å²) in [5.41, 5.74) is 1.69. The van der Waals surface area contributed by atoms with E-state index in [4.69, 9.17) is 4.74 Å². The molecular weight excluding hydrogens is 392 g/mol. The molecule has 0 radical (unpaired) electrons. The highest BCUT2D eigenvalue weighted by Gasteiger charge is 2.17. The Kier molecular flexibility index (Phi) is 6.40. The van der Waals surface area contributed by atoms with Gasteiger partial charge in [0.25, 0.3) is 5.91 Å². The molecule has 0 unspecified atom stereocenters. The van der Waals surface area contributed by atoms with Crippen molar-refractivity contribution >= 4 is 50.3 Å². The maximum Gasteiger partial charge on any atom is 0.328 e. The van der Waals surface area contributed by atoms with Gasteiger partial charge in [-0.15, -0.1) is 0 Å². The summed E-state index contributed by atoms with van der Waals surface area (Å²) in [6.45, 7) is 3.49. The third kappa shape index (κ3) is 5.29. The number of nitrogens with zero attached hydrogens (tertiary/aromatic N) is 1. The molecule has 0 aliphatic heterocycles. The second-order valence-electron chi connectivity index (χ2n) is 6.09. The van der Waals surface area contributed by atoms with Gasteiger partial charge in [0.15, 0.2) is 5.13 Å². The van der Waals surface area contributed by atoms with Crippen LogP contribution in [0, 0.1) is 0 Å². The SMILES string of the molecule is CCOC(=O)[C@H](C)NC(=O)Nc1ccc2sc(NC(=O)c3ccccc3)nc2c1. The molecule has 0 saturated heterocycles. The standard InChI is InChI=1S/C20H20N4O4S/c1-3-28-18(26)12(2)21-19(27)22-14-9-10-16-15(11-14)23-20(29-16)24-17(25)13-7-5-4-6-8-13/h4-12H,3H2,1-2H3,(H2,21,22,27)(H,23,24,25)/t12-/m0/s1. The number of urea groups is 1. The Bertz CT molecular complexity index is 1040. The fraction of sp³-hybridized carbons (Fsp3) is 0.200. The number of amides is 3. The molecule has 0 bridgehead atoms. The topological polar surface area (TPSA) is 109 Å². The van der Waals surface area contributed by atoms with Gasteiger partial charge in [0.2, 0.25) is 0 Å². The Hall–Kier alpha value is -3.46. The molecule has 0 aliphatic carbocycles. The third-order valence-corrected chi connectivity index (χ3v) is 4.84. The van der Waals surface area contributed by atoms with E-state index in [0.29, 0.717) is 21.9 Å². The number of ether oxygens (including phenoxy) is 1. The van der Waals surface area contributed by atoms with Gasteiger partial charge < -0.3 is 15.4 Å². The predicted molar refractivity (Wildman–Crippen MR) is 112 cm³/mol. The van der Waals surface area contributed by atoms with E-state index in [9.17, 15) is 14.4 Å². The van der Waals surface area contributed by atoms with Gasteiger partial charge in [-0.25, -0.2) is 14.6 Å². The van der Waals surface area contributed by atoms with E-state index in [1.807, 2.05) is 6.07 Å². The van der Waals surface area contributed by atoms with Crippen LogP contribution in [-0.2, 0) is 9.53 Å². The molecule has 8 nitrogen and oxygen atoms in total. The highest BCUT2D eigenvalue weighted by atomic mass is 32.1. The molecule has 1 heterocycles. The number of hydrogen-bond donors (Lipinski definition) is 3. The molecule has 1 atom stereocenters. The third-order valence-electron chi connectivity index (χ3n) is 3.89. The predicted octanol–water partition coefficient (Wildman–Crippen LogP) is 3.62. The van der Waals surface area contributed by atoms with Crippen LogP contribution in [0.1, 0.15) is 24.2 Å². The van der Waals surface area contributed by atoms with Gasteiger partial charge in [0.1, 0.15) is 6.04 Å².